The monoisotopic (exact) mass is 237 g/mol. The minimum absolute atomic E-state index is 0.0726. The second kappa shape index (κ2) is 5.72. The van der Waals surface area contributed by atoms with E-state index in [9.17, 15) is 0 Å². The SMILES string of the molecule is CCCCCNC(C)(C)c1oc(C)c(C)c1C. The lowest BCUT2D eigenvalue weighted by atomic mass is 9.96. The first kappa shape index (κ1) is 14.3. The van der Waals surface area contributed by atoms with E-state index in [1.807, 2.05) is 6.92 Å². The highest BCUT2D eigenvalue weighted by Crippen LogP contribution is 2.29. The highest BCUT2D eigenvalue weighted by Gasteiger charge is 2.27. The van der Waals surface area contributed by atoms with Crippen LogP contribution in [-0.2, 0) is 5.54 Å². The molecular formula is C15H27NO. The minimum Gasteiger partial charge on any atom is -0.464 e. The van der Waals surface area contributed by atoms with Gasteiger partial charge in [0, 0.05) is 0 Å². The number of hydrogen-bond donors (Lipinski definition) is 1. The van der Waals surface area contributed by atoms with Crippen molar-refractivity contribution >= 4 is 0 Å². The third kappa shape index (κ3) is 3.35. The van der Waals surface area contributed by atoms with Crippen molar-refractivity contribution in [2.75, 3.05) is 6.54 Å². The van der Waals surface area contributed by atoms with E-state index in [1.54, 1.807) is 0 Å². The summed E-state index contributed by atoms with van der Waals surface area (Å²) in [6, 6.07) is 0. The molecule has 0 aliphatic carbocycles. The average molecular weight is 237 g/mol. The molecule has 1 heterocycles. The van der Waals surface area contributed by atoms with Crippen molar-refractivity contribution in [1.29, 1.82) is 0 Å². The van der Waals surface area contributed by atoms with Crippen LogP contribution < -0.4 is 5.32 Å². The maximum atomic E-state index is 5.90. The van der Waals surface area contributed by atoms with E-state index in [4.69, 9.17) is 4.42 Å². The van der Waals surface area contributed by atoms with Gasteiger partial charge in [0.2, 0.25) is 0 Å². The molecule has 0 unspecified atom stereocenters. The van der Waals surface area contributed by atoms with E-state index >= 15 is 0 Å². The van der Waals surface area contributed by atoms with E-state index in [1.165, 1.54) is 30.4 Å². The van der Waals surface area contributed by atoms with Gasteiger partial charge in [-0.1, -0.05) is 19.8 Å². The Kier molecular flexibility index (Phi) is 4.81. The molecule has 98 valence electrons. The Hall–Kier alpha value is -0.760. The van der Waals surface area contributed by atoms with Gasteiger partial charge in [-0.05, 0) is 58.7 Å². The van der Waals surface area contributed by atoms with Gasteiger partial charge in [-0.25, -0.2) is 0 Å². The molecule has 2 heteroatoms. The highest BCUT2D eigenvalue weighted by molar-refractivity contribution is 5.33. The van der Waals surface area contributed by atoms with Crippen LogP contribution in [-0.4, -0.2) is 6.54 Å². The normalized spacial score (nSPS) is 12.1. The summed E-state index contributed by atoms with van der Waals surface area (Å²) in [6.07, 6.45) is 3.79. The van der Waals surface area contributed by atoms with Crippen LogP contribution in [0.15, 0.2) is 4.42 Å². The lowest BCUT2D eigenvalue weighted by Crippen LogP contribution is -2.37. The van der Waals surface area contributed by atoms with E-state index in [-0.39, 0.29) is 5.54 Å². The summed E-state index contributed by atoms with van der Waals surface area (Å²) in [5.41, 5.74) is 2.50. The average Bonchev–Trinajstić information content (AvgIpc) is 2.53. The van der Waals surface area contributed by atoms with Crippen molar-refractivity contribution < 1.29 is 4.42 Å². The number of hydrogen-bond acceptors (Lipinski definition) is 2. The molecule has 0 bridgehead atoms. The zero-order valence-corrected chi connectivity index (χ0v) is 12.2. The third-order valence-electron chi connectivity index (χ3n) is 3.60. The lowest BCUT2D eigenvalue weighted by molar-refractivity contribution is 0.310. The van der Waals surface area contributed by atoms with Crippen molar-refractivity contribution in [3.8, 4) is 0 Å². The van der Waals surface area contributed by atoms with E-state index in [2.05, 4.69) is 39.9 Å². The molecular weight excluding hydrogens is 210 g/mol. The zero-order valence-electron chi connectivity index (χ0n) is 12.2. The van der Waals surface area contributed by atoms with Crippen molar-refractivity contribution in [2.45, 2.75) is 66.3 Å². The molecule has 17 heavy (non-hydrogen) atoms. The number of unbranched alkanes of at least 4 members (excludes halogenated alkanes) is 2. The fourth-order valence-corrected chi connectivity index (χ4v) is 2.19. The molecule has 0 spiro atoms. The van der Waals surface area contributed by atoms with Crippen LogP contribution >= 0.6 is 0 Å². The Morgan fingerprint density at radius 1 is 1.06 bits per heavy atom. The van der Waals surface area contributed by atoms with Crippen LogP contribution in [0.4, 0.5) is 0 Å². The van der Waals surface area contributed by atoms with Gasteiger partial charge in [0.15, 0.2) is 0 Å². The number of rotatable bonds is 6. The molecule has 0 atom stereocenters. The van der Waals surface area contributed by atoms with E-state index in [0.717, 1.165) is 18.1 Å². The Morgan fingerprint density at radius 2 is 1.71 bits per heavy atom. The van der Waals surface area contributed by atoms with Crippen LogP contribution in [0.1, 0.15) is 62.7 Å². The van der Waals surface area contributed by atoms with Crippen LogP contribution in [0.2, 0.25) is 0 Å². The topological polar surface area (TPSA) is 25.2 Å². The molecule has 0 aliphatic heterocycles. The summed E-state index contributed by atoms with van der Waals surface area (Å²) in [5, 5.41) is 3.60. The fourth-order valence-electron chi connectivity index (χ4n) is 2.19. The quantitative estimate of drug-likeness (QED) is 0.749. The minimum atomic E-state index is -0.0726. The zero-order chi connectivity index (χ0) is 13.1. The van der Waals surface area contributed by atoms with Gasteiger partial charge in [-0.2, -0.15) is 0 Å². The maximum absolute atomic E-state index is 5.90. The van der Waals surface area contributed by atoms with Gasteiger partial charge in [0.25, 0.3) is 0 Å². The highest BCUT2D eigenvalue weighted by atomic mass is 16.3. The smallest absolute Gasteiger partial charge is 0.126 e. The van der Waals surface area contributed by atoms with Crippen LogP contribution in [0, 0.1) is 20.8 Å². The van der Waals surface area contributed by atoms with Crippen molar-refractivity contribution in [3.63, 3.8) is 0 Å². The van der Waals surface area contributed by atoms with Gasteiger partial charge >= 0.3 is 0 Å². The number of furan rings is 1. The maximum Gasteiger partial charge on any atom is 0.126 e. The predicted octanol–water partition coefficient (Wildman–Crippen LogP) is 4.22. The van der Waals surface area contributed by atoms with Gasteiger partial charge in [0.05, 0.1) is 5.54 Å². The fraction of sp³-hybridized carbons (Fsp3) is 0.733. The van der Waals surface area contributed by atoms with Crippen molar-refractivity contribution in [3.05, 3.63) is 22.6 Å². The molecule has 1 aromatic heterocycles. The summed E-state index contributed by atoms with van der Waals surface area (Å²) < 4.78 is 5.90. The van der Waals surface area contributed by atoms with Crippen molar-refractivity contribution in [1.82, 2.24) is 5.32 Å². The molecule has 0 aliphatic rings. The van der Waals surface area contributed by atoms with E-state index < -0.39 is 0 Å². The first-order valence-electron chi connectivity index (χ1n) is 6.72. The molecule has 1 rings (SSSR count). The summed E-state index contributed by atoms with van der Waals surface area (Å²) in [6.45, 7) is 14.0. The number of nitrogens with one attached hydrogen (secondary N) is 1. The summed E-state index contributed by atoms with van der Waals surface area (Å²) in [4.78, 5) is 0. The molecule has 1 aromatic rings. The second-order valence-electron chi connectivity index (χ2n) is 5.50. The molecule has 0 saturated heterocycles. The van der Waals surface area contributed by atoms with Gasteiger partial charge in [-0.3, -0.25) is 0 Å². The molecule has 0 radical (unpaired) electrons. The summed E-state index contributed by atoms with van der Waals surface area (Å²) in [7, 11) is 0. The first-order chi connectivity index (χ1) is 7.90. The molecule has 0 aromatic carbocycles. The Morgan fingerprint density at radius 3 is 2.18 bits per heavy atom. The van der Waals surface area contributed by atoms with E-state index in [0.29, 0.717) is 0 Å². The Bertz CT molecular complexity index is 363. The second-order valence-corrected chi connectivity index (χ2v) is 5.50. The van der Waals surface area contributed by atoms with Crippen LogP contribution in [0.5, 0.6) is 0 Å². The molecule has 0 amide bonds. The molecule has 1 N–H and O–H groups in total. The first-order valence-corrected chi connectivity index (χ1v) is 6.72. The van der Waals surface area contributed by atoms with Crippen LogP contribution in [0.25, 0.3) is 0 Å². The van der Waals surface area contributed by atoms with Crippen LogP contribution in [0.3, 0.4) is 0 Å². The third-order valence-corrected chi connectivity index (χ3v) is 3.60. The Balaban J connectivity index is 2.71. The standard InChI is InChI=1S/C15H27NO/c1-7-8-9-10-16-15(5,6)14-12(3)11(2)13(4)17-14/h16H,7-10H2,1-6H3. The summed E-state index contributed by atoms with van der Waals surface area (Å²) in [5.74, 6) is 2.13. The lowest BCUT2D eigenvalue weighted by Gasteiger charge is -2.25. The number of aryl methyl sites for hydroxylation is 1. The predicted molar refractivity (Wildman–Crippen MR) is 73.5 cm³/mol. The van der Waals surface area contributed by atoms with Gasteiger partial charge in [-0.15, -0.1) is 0 Å². The largest absolute Gasteiger partial charge is 0.464 e. The molecule has 0 fully saturated rings. The summed E-state index contributed by atoms with van der Waals surface area (Å²) >= 11 is 0. The molecule has 2 nitrogen and oxygen atoms in total. The Labute approximate surface area is 106 Å². The molecule has 0 saturated carbocycles. The van der Waals surface area contributed by atoms with Gasteiger partial charge in [0.1, 0.15) is 11.5 Å². The van der Waals surface area contributed by atoms with Gasteiger partial charge < -0.3 is 9.73 Å². The van der Waals surface area contributed by atoms with Crippen molar-refractivity contribution in [2.24, 2.45) is 0 Å².